The first-order valence-electron chi connectivity index (χ1n) is 2.15. The van der Waals surface area contributed by atoms with Gasteiger partial charge in [-0.3, -0.25) is 0 Å². The number of quaternary nitrogens is 2. The van der Waals surface area contributed by atoms with E-state index in [0.717, 1.165) is 13.1 Å². The third kappa shape index (κ3) is 3.66. The van der Waals surface area contributed by atoms with Gasteiger partial charge in [0.15, 0.2) is 0 Å². The largest absolute Gasteiger partial charge is 0.354 e. The van der Waals surface area contributed by atoms with Crippen LogP contribution in [-0.4, -0.2) is 13.1 Å². The lowest BCUT2D eigenvalue weighted by Crippen LogP contribution is -2.51. The van der Waals surface area contributed by atoms with Crippen molar-refractivity contribution in [1.29, 1.82) is 0 Å². The molecule has 0 heterocycles. The minimum atomic E-state index is 0.884. The Kier molecular flexibility index (Phi) is 4.40. The summed E-state index contributed by atoms with van der Waals surface area (Å²) in [5.74, 6) is 0. The van der Waals surface area contributed by atoms with Gasteiger partial charge in [0.2, 0.25) is 0 Å². The maximum absolute atomic E-state index is 3.61. The van der Waals surface area contributed by atoms with Crippen LogP contribution in [0, 0.1) is 0 Å². The van der Waals surface area contributed by atoms with Crippen LogP contribution in [0.5, 0.6) is 0 Å². The van der Waals surface area contributed by atoms with Gasteiger partial charge in [0, 0.05) is 0 Å². The summed E-state index contributed by atoms with van der Waals surface area (Å²) in [6.45, 7) is 1.77. The SMILES string of the molecule is [NH3+]C/C=C/C[NH3+]. The molecule has 0 aliphatic heterocycles. The highest BCUT2D eigenvalue weighted by Gasteiger charge is 1.64. The van der Waals surface area contributed by atoms with Gasteiger partial charge in [0.25, 0.3) is 0 Å². The molecule has 0 aliphatic rings. The molecule has 0 aliphatic carbocycles. The fourth-order valence-corrected chi connectivity index (χ4v) is 0.236. The van der Waals surface area contributed by atoms with Crippen LogP contribution in [0.3, 0.4) is 0 Å². The van der Waals surface area contributed by atoms with E-state index in [-0.39, 0.29) is 0 Å². The zero-order chi connectivity index (χ0) is 4.83. The molecule has 0 spiro atoms. The van der Waals surface area contributed by atoms with Crippen LogP contribution < -0.4 is 11.5 Å². The van der Waals surface area contributed by atoms with E-state index in [9.17, 15) is 0 Å². The smallest absolute Gasteiger partial charge is 0.0929 e. The lowest BCUT2D eigenvalue weighted by molar-refractivity contribution is -0.358. The van der Waals surface area contributed by atoms with E-state index < -0.39 is 0 Å². The number of rotatable bonds is 2. The molecule has 0 atom stereocenters. The van der Waals surface area contributed by atoms with Crippen molar-refractivity contribution in [2.75, 3.05) is 13.1 Å². The summed E-state index contributed by atoms with van der Waals surface area (Å²) in [5, 5.41) is 0. The van der Waals surface area contributed by atoms with Crippen molar-refractivity contribution in [1.82, 2.24) is 0 Å². The molecule has 0 saturated heterocycles. The molecular weight excluding hydrogens is 76.1 g/mol. The molecule has 0 rings (SSSR count). The molecule has 6 heavy (non-hydrogen) atoms. The molecule has 2 heteroatoms. The Bertz CT molecular complexity index is 34.8. The van der Waals surface area contributed by atoms with Crippen molar-refractivity contribution >= 4 is 0 Å². The maximum atomic E-state index is 3.61. The molecule has 0 unspecified atom stereocenters. The minimum Gasteiger partial charge on any atom is -0.354 e. The average molecular weight is 88.2 g/mol. The Labute approximate surface area is 37.8 Å². The zero-order valence-corrected chi connectivity index (χ0v) is 3.98. The van der Waals surface area contributed by atoms with Crippen LogP contribution in [0.4, 0.5) is 0 Å². The predicted molar refractivity (Wildman–Crippen MR) is 24.7 cm³/mol. The molecule has 0 fully saturated rings. The van der Waals surface area contributed by atoms with Gasteiger partial charge in [0.05, 0.1) is 13.1 Å². The lowest BCUT2D eigenvalue weighted by atomic mass is 10.5. The first-order chi connectivity index (χ1) is 2.91. The predicted octanol–water partition coefficient (Wildman–Crippen LogP) is -1.97. The Morgan fingerprint density at radius 3 is 1.50 bits per heavy atom. The molecule has 0 aromatic heterocycles. The summed E-state index contributed by atoms with van der Waals surface area (Å²) in [7, 11) is 0. The first-order valence-corrected chi connectivity index (χ1v) is 2.15. The van der Waals surface area contributed by atoms with E-state index in [2.05, 4.69) is 11.5 Å². The van der Waals surface area contributed by atoms with Gasteiger partial charge in [-0.25, -0.2) is 0 Å². The quantitative estimate of drug-likeness (QED) is 0.368. The third-order valence-corrected chi connectivity index (χ3v) is 0.500. The van der Waals surface area contributed by atoms with Crippen molar-refractivity contribution in [2.45, 2.75) is 0 Å². The summed E-state index contributed by atoms with van der Waals surface area (Å²) in [6.07, 6.45) is 4.01. The van der Waals surface area contributed by atoms with E-state index >= 15 is 0 Å². The molecule has 0 aromatic carbocycles. The molecule has 6 N–H and O–H groups in total. The van der Waals surface area contributed by atoms with Crippen molar-refractivity contribution in [3.05, 3.63) is 12.2 Å². The Balaban J connectivity index is 2.73. The molecule has 0 saturated carbocycles. The fourth-order valence-electron chi connectivity index (χ4n) is 0.236. The normalized spacial score (nSPS) is 10.3. The first kappa shape index (κ1) is 5.66. The molecule has 0 bridgehead atoms. The Morgan fingerprint density at radius 2 is 1.33 bits per heavy atom. The molecule has 0 amide bonds. The molecule has 36 valence electrons. The second-order valence-electron chi connectivity index (χ2n) is 1.05. The zero-order valence-electron chi connectivity index (χ0n) is 3.98. The summed E-state index contributed by atoms with van der Waals surface area (Å²) < 4.78 is 0. The third-order valence-electron chi connectivity index (χ3n) is 0.500. The van der Waals surface area contributed by atoms with Gasteiger partial charge >= 0.3 is 0 Å². The van der Waals surface area contributed by atoms with Gasteiger partial charge in [-0.1, -0.05) is 0 Å². The van der Waals surface area contributed by atoms with E-state index in [4.69, 9.17) is 0 Å². The van der Waals surface area contributed by atoms with E-state index in [1.165, 1.54) is 0 Å². The minimum absolute atomic E-state index is 0.884. The van der Waals surface area contributed by atoms with Crippen LogP contribution >= 0.6 is 0 Å². The average Bonchev–Trinajstić information content (AvgIpc) is 1.61. The topological polar surface area (TPSA) is 55.3 Å². The second-order valence-corrected chi connectivity index (χ2v) is 1.05. The molecule has 0 radical (unpaired) electrons. The maximum Gasteiger partial charge on any atom is 0.0929 e. The summed E-state index contributed by atoms with van der Waals surface area (Å²) in [4.78, 5) is 0. The van der Waals surface area contributed by atoms with Crippen LogP contribution in [-0.2, 0) is 0 Å². The van der Waals surface area contributed by atoms with Crippen molar-refractivity contribution in [2.24, 2.45) is 0 Å². The van der Waals surface area contributed by atoms with E-state index in [0.29, 0.717) is 0 Å². The molecular formula is C4H12N2+2. The van der Waals surface area contributed by atoms with Gasteiger partial charge < -0.3 is 11.5 Å². The highest BCUT2D eigenvalue weighted by atomic mass is 14.5. The molecule has 2 nitrogen and oxygen atoms in total. The standard InChI is InChI=1S/C4H10N2/c5-3-1-2-4-6/h1-2H,3-6H2/p+2/b2-1+. The highest BCUT2D eigenvalue weighted by Crippen LogP contribution is 1.55. The van der Waals surface area contributed by atoms with Crippen LogP contribution in [0.2, 0.25) is 0 Å². The van der Waals surface area contributed by atoms with Crippen molar-refractivity contribution in [3.8, 4) is 0 Å². The lowest BCUT2D eigenvalue weighted by Gasteiger charge is -1.69. The van der Waals surface area contributed by atoms with Crippen LogP contribution in [0.1, 0.15) is 0 Å². The van der Waals surface area contributed by atoms with Gasteiger partial charge in [-0.15, -0.1) is 0 Å². The van der Waals surface area contributed by atoms with E-state index in [1.54, 1.807) is 0 Å². The van der Waals surface area contributed by atoms with Crippen LogP contribution in [0.25, 0.3) is 0 Å². The van der Waals surface area contributed by atoms with Gasteiger partial charge in [-0.05, 0) is 12.2 Å². The summed E-state index contributed by atoms with van der Waals surface area (Å²) in [5.41, 5.74) is 7.22. The van der Waals surface area contributed by atoms with Crippen molar-refractivity contribution < 1.29 is 11.5 Å². The summed E-state index contributed by atoms with van der Waals surface area (Å²) in [6, 6.07) is 0. The Morgan fingerprint density at radius 1 is 1.00 bits per heavy atom. The van der Waals surface area contributed by atoms with Crippen LogP contribution in [0.15, 0.2) is 12.2 Å². The number of hydrogen-bond donors (Lipinski definition) is 2. The second kappa shape index (κ2) is 4.66. The number of hydrogen-bond acceptors (Lipinski definition) is 0. The fraction of sp³-hybridized carbons (Fsp3) is 0.500. The van der Waals surface area contributed by atoms with Gasteiger partial charge in [0.1, 0.15) is 0 Å². The monoisotopic (exact) mass is 88.1 g/mol. The molecule has 0 aromatic rings. The van der Waals surface area contributed by atoms with Crippen molar-refractivity contribution in [3.63, 3.8) is 0 Å². The highest BCUT2D eigenvalue weighted by molar-refractivity contribution is 4.77. The summed E-state index contributed by atoms with van der Waals surface area (Å²) >= 11 is 0. The van der Waals surface area contributed by atoms with Gasteiger partial charge in [-0.2, -0.15) is 0 Å². The van der Waals surface area contributed by atoms with E-state index in [1.807, 2.05) is 12.2 Å². The Hall–Kier alpha value is -0.340.